The molecule has 2 aliphatic rings. The van der Waals surface area contributed by atoms with Crippen molar-refractivity contribution in [3.63, 3.8) is 0 Å². The molecule has 0 radical (unpaired) electrons. The Bertz CT molecular complexity index is 1640. The number of para-hydroxylation sites is 1. The molecule has 2 aromatic carbocycles. The van der Waals surface area contributed by atoms with Gasteiger partial charge in [0.05, 0.1) is 18.5 Å². The first-order valence-electron chi connectivity index (χ1n) is 15.6. The maximum atomic E-state index is 11.7. The van der Waals surface area contributed by atoms with Crippen molar-refractivity contribution in [2.45, 2.75) is 65.6 Å². The molecule has 44 heavy (non-hydrogen) atoms. The van der Waals surface area contributed by atoms with Crippen LogP contribution < -0.4 is 9.47 Å². The van der Waals surface area contributed by atoms with Crippen LogP contribution in [0.5, 0.6) is 11.6 Å². The fourth-order valence-electron chi connectivity index (χ4n) is 6.55. The molecule has 230 valence electrons. The van der Waals surface area contributed by atoms with Crippen LogP contribution >= 0.6 is 0 Å². The average Bonchev–Trinajstić information content (AvgIpc) is 3.48. The zero-order valence-electron chi connectivity index (χ0n) is 25.7. The van der Waals surface area contributed by atoms with Gasteiger partial charge in [0.25, 0.3) is 0 Å². The number of carboxylic acids is 1. The second kappa shape index (κ2) is 13.2. The number of nitrogens with zero attached hydrogens (tertiary/aromatic N) is 4. The molecular weight excluding hydrogens is 556 g/mol. The lowest BCUT2D eigenvalue weighted by Gasteiger charge is -2.38. The second-order valence-corrected chi connectivity index (χ2v) is 11.4. The lowest BCUT2D eigenvalue weighted by Crippen LogP contribution is -2.42. The van der Waals surface area contributed by atoms with E-state index in [1.807, 2.05) is 37.3 Å². The molecule has 1 saturated heterocycles. The molecule has 0 saturated carbocycles. The Hall–Kier alpha value is -4.21. The summed E-state index contributed by atoms with van der Waals surface area (Å²) in [5.41, 5.74) is 8.12. The van der Waals surface area contributed by atoms with E-state index in [0.29, 0.717) is 30.8 Å². The van der Waals surface area contributed by atoms with Gasteiger partial charge in [-0.25, -0.2) is 9.78 Å². The van der Waals surface area contributed by atoms with Crippen molar-refractivity contribution in [2.24, 2.45) is 0 Å². The molecule has 0 bridgehead atoms. The number of ether oxygens (including phenoxy) is 3. The Kier molecular flexibility index (Phi) is 8.95. The maximum Gasteiger partial charge on any atom is 0.342 e. The molecule has 4 aromatic rings. The molecule has 0 atom stereocenters. The van der Waals surface area contributed by atoms with Crippen molar-refractivity contribution in [2.75, 3.05) is 26.4 Å². The zero-order valence-corrected chi connectivity index (χ0v) is 25.7. The summed E-state index contributed by atoms with van der Waals surface area (Å²) in [5.74, 6) is 0.291. The van der Waals surface area contributed by atoms with Gasteiger partial charge in [0.1, 0.15) is 17.9 Å². The van der Waals surface area contributed by atoms with Crippen molar-refractivity contribution < 1.29 is 24.1 Å². The first kappa shape index (κ1) is 29.8. The molecule has 2 aliphatic heterocycles. The molecule has 0 amide bonds. The number of carbonyl (C=O) groups is 1. The van der Waals surface area contributed by atoms with Crippen molar-refractivity contribution >= 4 is 5.97 Å². The topological polar surface area (TPSA) is 98.9 Å². The van der Waals surface area contributed by atoms with E-state index < -0.39 is 5.97 Å². The standard InChI is InChI=1S/C35H40N4O5/c1-4-27-25(13-12-24-21-38(17-14-28(24)27)26-15-18-42-19-16-26)22-44-33-23(3)8-6-9-29(33)31-10-7-11-32(37-31)39-34(43-5-2)30(20-36-39)35(40)41/h6-13,20,26H,4-5,14-19,21-22H2,1-3H3,(H,40,41). The van der Waals surface area contributed by atoms with Crippen molar-refractivity contribution in [1.82, 2.24) is 19.7 Å². The van der Waals surface area contributed by atoms with E-state index >= 15 is 0 Å². The third kappa shape index (κ3) is 5.94. The van der Waals surface area contributed by atoms with Gasteiger partial charge in [-0.2, -0.15) is 9.78 Å². The van der Waals surface area contributed by atoms with Crippen LogP contribution in [0.15, 0.2) is 54.7 Å². The lowest BCUT2D eigenvalue weighted by atomic mass is 9.88. The predicted octanol–water partition coefficient (Wildman–Crippen LogP) is 6.02. The van der Waals surface area contributed by atoms with E-state index in [-0.39, 0.29) is 11.4 Å². The van der Waals surface area contributed by atoms with E-state index in [1.54, 1.807) is 13.0 Å². The Morgan fingerprint density at radius 1 is 1.07 bits per heavy atom. The van der Waals surface area contributed by atoms with Crippen molar-refractivity contribution in [3.05, 3.63) is 88.1 Å². The monoisotopic (exact) mass is 596 g/mol. The number of hydrogen-bond acceptors (Lipinski definition) is 7. The van der Waals surface area contributed by atoms with Crippen LogP contribution in [0.3, 0.4) is 0 Å². The van der Waals surface area contributed by atoms with E-state index in [4.69, 9.17) is 19.2 Å². The second-order valence-electron chi connectivity index (χ2n) is 11.4. The molecule has 4 heterocycles. The molecule has 0 spiro atoms. The Morgan fingerprint density at radius 3 is 2.66 bits per heavy atom. The summed E-state index contributed by atoms with van der Waals surface area (Å²) in [6.45, 7) is 10.7. The normalized spacial score (nSPS) is 15.6. The third-order valence-electron chi connectivity index (χ3n) is 8.76. The summed E-state index contributed by atoms with van der Waals surface area (Å²) in [5, 5.41) is 13.9. The number of aromatic carboxylic acids is 1. The maximum absolute atomic E-state index is 11.7. The third-order valence-corrected chi connectivity index (χ3v) is 8.76. The van der Waals surface area contributed by atoms with Gasteiger partial charge in [-0.15, -0.1) is 0 Å². The van der Waals surface area contributed by atoms with E-state index in [0.717, 1.165) is 68.9 Å². The minimum atomic E-state index is -1.10. The molecule has 1 N–H and O–H groups in total. The van der Waals surface area contributed by atoms with E-state index in [9.17, 15) is 9.90 Å². The highest BCUT2D eigenvalue weighted by atomic mass is 16.5. The summed E-state index contributed by atoms with van der Waals surface area (Å²) in [6.07, 6.45) is 5.56. The Labute approximate surface area is 258 Å². The van der Waals surface area contributed by atoms with Crippen LogP contribution in [0.4, 0.5) is 0 Å². The van der Waals surface area contributed by atoms with Gasteiger partial charge in [0.2, 0.25) is 5.88 Å². The average molecular weight is 597 g/mol. The highest BCUT2D eigenvalue weighted by molar-refractivity contribution is 5.90. The fourth-order valence-corrected chi connectivity index (χ4v) is 6.55. The number of hydrogen-bond donors (Lipinski definition) is 1. The number of benzene rings is 2. The Balaban J connectivity index is 1.26. The van der Waals surface area contributed by atoms with Crippen LogP contribution in [0.2, 0.25) is 0 Å². The van der Waals surface area contributed by atoms with Gasteiger partial charge in [-0.05, 0) is 85.5 Å². The zero-order chi connectivity index (χ0) is 30.6. The summed E-state index contributed by atoms with van der Waals surface area (Å²) in [6, 6.07) is 16.8. The highest BCUT2D eigenvalue weighted by Gasteiger charge is 2.27. The van der Waals surface area contributed by atoms with Crippen molar-refractivity contribution in [3.8, 4) is 28.7 Å². The molecule has 9 nitrogen and oxygen atoms in total. The number of pyridine rings is 1. The molecule has 2 aromatic heterocycles. The van der Waals surface area contributed by atoms with Gasteiger partial charge in [0.15, 0.2) is 5.82 Å². The molecule has 1 fully saturated rings. The number of aromatic nitrogens is 3. The minimum Gasteiger partial charge on any atom is -0.488 e. The summed E-state index contributed by atoms with van der Waals surface area (Å²) < 4.78 is 19.3. The van der Waals surface area contributed by atoms with Gasteiger partial charge >= 0.3 is 5.97 Å². The highest BCUT2D eigenvalue weighted by Crippen LogP contribution is 2.35. The SMILES string of the molecule is CCOc1c(C(=O)O)cnn1-c1cccc(-c2cccc(C)c2OCc2ccc3c(c2CC)CCN(C2CCOCC2)C3)n1. The number of rotatable bonds is 10. The fraction of sp³-hybridized carbons (Fsp3) is 0.400. The first-order valence-corrected chi connectivity index (χ1v) is 15.6. The molecule has 0 aliphatic carbocycles. The van der Waals surface area contributed by atoms with Gasteiger partial charge in [0, 0.05) is 37.9 Å². The van der Waals surface area contributed by atoms with Gasteiger partial charge < -0.3 is 19.3 Å². The molecular formula is C35H40N4O5. The molecule has 0 unspecified atom stereocenters. The minimum absolute atomic E-state index is 0.00768. The van der Waals surface area contributed by atoms with Crippen LogP contribution in [0.25, 0.3) is 17.1 Å². The van der Waals surface area contributed by atoms with Gasteiger partial charge in [-0.3, -0.25) is 4.90 Å². The molecule has 9 heteroatoms. The number of fused-ring (bicyclic) bond motifs is 1. The quantitative estimate of drug-likeness (QED) is 0.237. The van der Waals surface area contributed by atoms with Crippen LogP contribution in [-0.2, 0) is 30.7 Å². The lowest BCUT2D eigenvalue weighted by molar-refractivity contribution is 0.0290. The van der Waals surface area contributed by atoms with E-state index in [1.165, 1.54) is 33.1 Å². The first-order chi connectivity index (χ1) is 21.5. The smallest absolute Gasteiger partial charge is 0.342 e. The summed E-state index contributed by atoms with van der Waals surface area (Å²) in [4.78, 5) is 19.2. The number of carboxylic acid groups (broad SMARTS) is 1. The van der Waals surface area contributed by atoms with E-state index in [2.05, 4.69) is 29.1 Å². The van der Waals surface area contributed by atoms with Crippen LogP contribution in [0, 0.1) is 6.92 Å². The Morgan fingerprint density at radius 2 is 1.89 bits per heavy atom. The van der Waals surface area contributed by atoms with Crippen molar-refractivity contribution in [1.29, 1.82) is 0 Å². The van der Waals surface area contributed by atoms with Crippen LogP contribution in [-0.4, -0.2) is 63.1 Å². The molecule has 6 rings (SSSR count). The predicted molar refractivity (Wildman–Crippen MR) is 168 cm³/mol. The van der Waals surface area contributed by atoms with Crippen LogP contribution in [0.1, 0.15) is 64.9 Å². The number of aryl methyl sites for hydroxylation is 1. The van der Waals surface area contributed by atoms with Gasteiger partial charge in [-0.1, -0.05) is 37.3 Å². The summed E-state index contributed by atoms with van der Waals surface area (Å²) in [7, 11) is 0. The largest absolute Gasteiger partial charge is 0.488 e. The summed E-state index contributed by atoms with van der Waals surface area (Å²) >= 11 is 0.